The van der Waals surface area contributed by atoms with Crippen LogP contribution in [0.25, 0.3) is 0 Å². The van der Waals surface area contributed by atoms with E-state index in [1.165, 1.54) is 0 Å². The summed E-state index contributed by atoms with van der Waals surface area (Å²) in [6, 6.07) is 5.31. The van der Waals surface area contributed by atoms with E-state index in [0.717, 1.165) is 21.2 Å². The summed E-state index contributed by atoms with van der Waals surface area (Å²) in [5.74, 6) is 0. The normalized spacial score (nSPS) is 10.5. The van der Waals surface area contributed by atoms with Crippen molar-refractivity contribution in [3.05, 3.63) is 54.7 Å². The third-order valence-corrected chi connectivity index (χ3v) is 4.10. The van der Waals surface area contributed by atoms with Crippen molar-refractivity contribution in [2.24, 2.45) is 0 Å². The summed E-state index contributed by atoms with van der Waals surface area (Å²) in [6.45, 7) is 4.26. The molecule has 0 unspecified atom stereocenters. The Hall–Kier alpha value is -1.59. The van der Waals surface area contributed by atoms with Gasteiger partial charge in [-0.05, 0) is 31.5 Å². The van der Waals surface area contributed by atoms with Crippen molar-refractivity contribution in [3.63, 3.8) is 0 Å². The molecule has 0 amide bonds. The van der Waals surface area contributed by atoms with E-state index in [0.29, 0.717) is 12.1 Å². The first-order valence-electron chi connectivity index (χ1n) is 5.70. The molecule has 4 nitrogen and oxygen atoms in total. The van der Waals surface area contributed by atoms with Gasteiger partial charge in [0, 0.05) is 34.1 Å². The van der Waals surface area contributed by atoms with E-state index < -0.39 is 0 Å². The van der Waals surface area contributed by atoms with Crippen LogP contribution in [0.3, 0.4) is 0 Å². The number of nitro groups is 1. The Bertz CT molecular complexity index is 625. The molecule has 1 aromatic carbocycles. The van der Waals surface area contributed by atoms with Gasteiger partial charge in [0.05, 0.1) is 9.95 Å². The molecule has 1 heterocycles. The lowest BCUT2D eigenvalue weighted by molar-refractivity contribution is -0.385. The molecule has 19 heavy (non-hydrogen) atoms. The van der Waals surface area contributed by atoms with Crippen LogP contribution in [0.4, 0.5) is 11.4 Å². The number of nitrogens with one attached hydrogen (secondary N) is 1. The van der Waals surface area contributed by atoms with Crippen LogP contribution >= 0.6 is 22.9 Å². The minimum Gasteiger partial charge on any atom is -0.380 e. The molecule has 0 saturated carbocycles. The number of nitro benzene ring substituents is 1. The van der Waals surface area contributed by atoms with Crippen molar-refractivity contribution >= 4 is 34.3 Å². The van der Waals surface area contributed by atoms with Gasteiger partial charge in [0.1, 0.15) is 0 Å². The monoisotopic (exact) mass is 296 g/mol. The number of halogens is 1. The van der Waals surface area contributed by atoms with Crippen molar-refractivity contribution in [1.29, 1.82) is 0 Å². The van der Waals surface area contributed by atoms with E-state index in [9.17, 15) is 10.1 Å². The Morgan fingerprint density at radius 3 is 2.63 bits per heavy atom. The van der Waals surface area contributed by atoms with Crippen molar-refractivity contribution in [1.82, 2.24) is 0 Å². The molecule has 100 valence electrons. The van der Waals surface area contributed by atoms with Gasteiger partial charge in [-0.25, -0.2) is 0 Å². The Labute approximate surface area is 120 Å². The van der Waals surface area contributed by atoms with Crippen LogP contribution in [-0.2, 0) is 6.54 Å². The molecule has 0 aliphatic heterocycles. The van der Waals surface area contributed by atoms with Gasteiger partial charge in [0.25, 0.3) is 5.69 Å². The summed E-state index contributed by atoms with van der Waals surface area (Å²) < 4.78 is 0. The standard InChI is InChI=1S/C13H13ClN2O2S/c1-8-4-13(16(17)18)9(2)3-12(8)15-6-11-5-10(14)7-19-11/h3-5,7,15H,6H2,1-2H3. The van der Waals surface area contributed by atoms with Gasteiger partial charge in [0.2, 0.25) is 0 Å². The highest BCUT2D eigenvalue weighted by molar-refractivity contribution is 7.10. The molecule has 2 aromatic rings. The third-order valence-electron chi connectivity index (χ3n) is 2.81. The number of hydrogen-bond acceptors (Lipinski definition) is 4. The number of nitrogens with zero attached hydrogens (tertiary/aromatic N) is 1. The SMILES string of the molecule is Cc1cc([N+](=O)[O-])c(C)cc1NCc1cc(Cl)cs1. The molecule has 0 bridgehead atoms. The lowest BCUT2D eigenvalue weighted by Crippen LogP contribution is -2.01. The predicted molar refractivity (Wildman–Crippen MR) is 79.2 cm³/mol. The first kappa shape index (κ1) is 13.8. The van der Waals surface area contributed by atoms with E-state index >= 15 is 0 Å². The molecule has 0 atom stereocenters. The van der Waals surface area contributed by atoms with Crippen molar-refractivity contribution in [2.75, 3.05) is 5.32 Å². The maximum atomic E-state index is 10.8. The third kappa shape index (κ3) is 3.24. The van der Waals surface area contributed by atoms with E-state index in [-0.39, 0.29) is 10.6 Å². The minimum absolute atomic E-state index is 0.155. The molecule has 1 aromatic heterocycles. The summed E-state index contributed by atoms with van der Waals surface area (Å²) in [7, 11) is 0. The molecule has 0 spiro atoms. The maximum Gasteiger partial charge on any atom is 0.272 e. The van der Waals surface area contributed by atoms with Gasteiger partial charge in [-0.1, -0.05) is 11.6 Å². The highest BCUT2D eigenvalue weighted by Crippen LogP contribution is 2.27. The first-order valence-corrected chi connectivity index (χ1v) is 6.95. The van der Waals surface area contributed by atoms with E-state index in [4.69, 9.17) is 11.6 Å². The zero-order valence-electron chi connectivity index (χ0n) is 10.6. The fourth-order valence-electron chi connectivity index (χ4n) is 1.82. The fraction of sp³-hybridized carbons (Fsp3) is 0.231. The fourth-order valence-corrected chi connectivity index (χ4v) is 2.83. The Morgan fingerprint density at radius 2 is 2.05 bits per heavy atom. The number of thiophene rings is 1. The van der Waals surface area contributed by atoms with Crippen LogP contribution in [0, 0.1) is 24.0 Å². The molecule has 0 radical (unpaired) electrons. The Balaban J connectivity index is 2.17. The summed E-state index contributed by atoms with van der Waals surface area (Å²) in [5, 5.41) is 16.7. The van der Waals surface area contributed by atoms with Crippen LogP contribution in [0.5, 0.6) is 0 Å². The van der Waals surface area contributed by atoms with E-state index in [1.807, 2.05) is 24.4 Å². The summed E-state index contributed by atoms with van der Waals surface area (Å²) in [6.07, 6.45) is 0. The zero-order valence-corrected chi connectivity index (χ0v) is 12.1. The van der Waals surface area contributed by atoms with Crippen molar-refractivity contribution in [2.45, 2.75) is 20.4 Å². The lowest BCUT2D eigenvalue weighted by atomic mass is 10.1. The molecular formula is C13H13ClN2O2S. The highest BCUT2D eigenvalue weighted by Gasteiger charge is 2.13. The van der Waals surface area contributed by atoms with Gasteiger partial charge in [-0.2, -0.15) is 0 Å². The van der Waals surface area contributed by atoms with Gasteiger partial charge < -0.3 is 5.32 Å². The summed E-state index contributed by atoms with van der Waals surface area (Å²) in [4.78, 5) is 11.6. The van der Waals surface area contributed by atoms with Crippen LogP contribution in [-0.4, -0.2) is 4.92 Å². The number of rotatable bonds is 4. The van der Waals surface area contributed by atoms with Gasteiger partial charge >= 0.3 is 0 Å². The van der Waals surface area contributed by atoms with Crippen LogP contribution in [0.2, 0.25) is 5.02 Å². The smallest absolute Gasteiger partial charge is 0.272 e. The quantitative estimate of drug-likeness (QED) is 0.665. The number of aryl methyl sites for hydroxylation is 2. The second-order valence-electron chi connectivity index (χ2n) is 4.30. The lowest BCUT2D eigenvalue weighted by Gasteiger charge is -2.10. The molecule has 0 fully saturated rings. The minimum atomic E-state index is -0.356. The number of hydrogen-bond donors (Lipinski definition) is 1. The largest absolute Gasteiger partial charge is 0.380 e. The predicted octanol–water partition coefficient (Wildman–Crippen LogP) is 4.54. The second-order valence-corrected chi connectivity index (χ2v) is 5.73. The topological polar surface area (TPSA) is 55.2 Å². The van der Waals surface area contributed by atoms with Crippen molar-refractivity contribution < 1.29 is 4.92 Å². The van der Waals surface area contributed by atoms with E-state index in [2.05, 4.69) is 5.32 Å². The Morgan fingerprint density at radius 1 is 1.32 bits per heavy atom. The summed E-state index contributed by atoms with van der Waals surface area (Å²) >= 11 is 7.45. The molecule has 2 rings (SSSR count). The van der Waals surface area contributed by atoms with Gasteiger partial charge in [-0.15, -0.1) is 11.3 Å². The Kier molecular flexibility index (Phi) is 4.07. The molecular weight excluding hydrogens is 284 g/mol. The average molecular weight is 297 g/mol. The maximum absolute atomic E-state index is 10.8. The highest BCUT2D eigenvalue weighted by atomic mass is 35.5. The first-order chi connectivity index (χ1) is 8.97. The van der Waals surface area contributed by atoms with Crippen LogP contribution < -0.4 is 5.32 Å². The number of anilines is 1. The molecule has 6 heteroatoms. The van der Waals surface area contributed by atoms with Crippen LogP contribution in [0.1, 0.15) is 16.0 Å². The molecule has 1 N–H and O–H groups in total. The van der Waals surface area contributed by atoms with Crippen molar-refractivity contribution in [3.8, 4) is 0 Å². The summed E-state index contributed by atoms with van der Waals surface area (Å²) in [5.41, 5.74) is 2.58. The second kappa shape index (κ2) is 5.59. The molecule has 0 aliphatic carbocycles. The molecule has 0 aliphatic rings. The zero-order chi connectivity index (χ0) is 14.0. The average Bonchev–Trinajstić information content (AvgIpc) is 2.75. The van der Waals surface area contributed by atoms with Gasteiger partial charge in [-0.3, -0.25) is 10.1 Å². The van der Waals surface area contributed by atoms with Gasteiger partial charge in [0.15, 0.2) is 0 Å². The van der Waals surface area contributed by atoms with E-state index in [1.54, 1.807) is 24.3 Å². The number of benzene rings is 1. The molecule has 0 saturated heterocycles. The van der Waals surface area contributed by atoms with Crippen LogP contribution in [0.15, 0.2) is 23.6 Å².